The van der Waals surface area contributed by atoms with Crippen molar-refractivity contribution >= 4 is 11.6 Å². The van der Waals surface area contributed by atoms with Crippen molar-refractivity contribution < 1.29 is 9.59 Å². The summed E-state index contributed by atoms with van der Waals surface area (Å²) >= 11 is 0. The van der Waals surface area contributed by atoms with E-state index in [-0.39, 0.29) is 0 Å². The summed E-state index contributed by atoms with van der Waals surface area (Å²) in [5.41, 5.74) is 1.10. The minimum atomic E-state index is 0.335. The number of rotatable bonds is 8. The average Bonchev–Trinajstić information content (AvgIpc) is 3.10. The molecule has 0 spiro atoms. The molecule has 0 aliphatic heterocycles. The van der Waals surface area contributed by atoms with Crippen molar-refractivity contribution in [2.24, 2.45) is 5.92 Å². The van der Waals surface area contributed by atoms with Crippen molar-refractivity contribution in [1.82, 2.24) is 0 Å². The Morgan fingerprint density at radius 3 is 2.32 bits per heavy atom. The SMILES string of the molecule is CCCCCC1=CCCC1=O.CCCCCC1CC=CC1=O. The van der Waals surface area contributed by atoms with Crippen LogP contribution in [0.4, 0.5) is 0 Å². The fourth-order valence-corrected chi connectivity index (χ4v) is 2.96. The molecule has 1 unspecified atom stereocenters. The number of hydrogen-bond donors (Lipinski definition) is 0. The van der Waals surface area contributed by atoms with Gasteiger partial charge in [0.05, 0.1) is 0 Å². The number of carbonyl (C=O) groups excluding carboxylic acids is 2. The van der Waals surface area contributed by atoms with Gasteiger partial charge in [-0.3, -0.25) is 9.59 Å². The smallest absolute Gasteiger partial charge is 0.158 e. The first-order valence-corrected chi connectivity index (χ1v) is 9.11. The van der Waals surface area contributed by atoms with Crippen molar-refractivity contribution in [3.63, 3.8) is 0 Å². The molecule has 0 bridgehead atoms. The van der Waals surface area contributed by atoms with Gasteiger partial charge < -0.3 is 0 Å². The fourth-order valence-electron chi connectivity index (χ4n) is 2.96. The van der Waals surface area contributed by atoms with Crippen molar-refractivity contribution in [3.05, 3.63) is 23.8 Å². The van der Waals surface area contributed by atoms with E-state index < -0.39 is 0 Å². The summed E-state index contributed by atoms with van der Waals surface area (Å²) in [7, 11) is 0. The third-order valence-electron chi connectivity index (χ3n) is 4.43. The summed E-state index contributed by atoms with van der Waals surface area (Å²) in [5, 5.41) is 0. The second kappa shape index (κ2) is 11.4. The molecule has 0 saturated carbocycles. The summed E-state index contributed by atoms with van der Waals surface area (Å²) in [6.07, 6.45) is 18.1. The molecular formula is C20H32O2. The summed E-state index contributed by atoms with van der Waals surface area (Å²) in [4.78, 5) is 22.2. The first-order chi connectivity index (χ1) is 10.7. The zero-order valence-corrected chi connectivity index (χ0v) is 14.4. The van der Waals surface area contributed by atoms with E-state index in [4.69, 9.17) is 0 Å². The Labute approximate surface area is 136 Å². The van der Waals surface area contributed by atoms with E-state index in [9.17, 15) is 9.59 Å². The normalized spacial score (nSPS) is 20.1. The number of ketones is 2. The molecule has 2 rings (SSSR count). The Morgan fingerprint density at radius 2 is 1.77 bits per heavy atom. The average molecular weight is 304 g/mol. The minimum Gasteiger partial charge on any atom is -0.295 e. The van der Waals surface area contributed by atoms with Crippen LogP contribution in [-0.2, 0) is 9.59 Å². The van der Waals surface area contributed by atoms with E-state index in [1.807, 2.05) is 6.08 Å². The summed E-state index contributed by atoms with van der Waals surface area (Å²) in [6, 6.07) is 0. The Bertz CT molecular complexity index is 402. The Hall–Kier alpha value is -1.18. The monoisotopic (exact) mass is 304 g/mol. The van der Waals surface area contributed by atoms with Crippen LogP contribution in [0.15, 0.2) is 23.8 Å². The van der Waals surface area contributed by atoms with Gasteiger partial charge >= 0.3 is 0 Å². The Morgan fingerprint density at radius 1 is 1.05 bits per heavy atom. The molecular weight excluding hydrogens is 272 g/mol. The van der Waals surface area contributed by atoms with Gasteiger partial charge in [-0.1, -0.05) is 58.1 Å². The van der Waals surface area contributed by atoms with Crippen LogP contribution in [0.2, 0.25) is 0 Å². The quantitative estimate of drug-likeness (QED) is 0.549. The standard InChI is InChI=1S/2C10H16O/c2*1-2-3-4-6-9-7-5-8-10(9)11/h7H,2-6,8H2,1H3;5,8-9H,2-4,6-7H2,1H3. The molecule has 0 heterocycles. The van der Waals surface area contributed by atoms with Gasteiger partial charge in [-0.2, -0.15) is 0 Å². The van der Waals surface area contributed by atoms with Gasteiger partial charge in [0.15, 0.2) is 11.6 Å². The molecule has 2 aliphatic rings. The van der Waals surface area contributed by atoms with E-state index in [0.717, 1.165) is 37.7 Å². The third-order valence-corrected chi connectivity index (χ3v) is 4.43. The molecule has 0 saturated heterocycles. The second-order valence-corrected chi connectivity index (χ2v) is 6.38. The van der Waals surface area contributed by atoms with Crippen LogP contribution in [0, 0.1) is 5.92 Å². The maximum Gasteiger partial charge on any atom is 0.158 e. The Kier molecular flexibility index (Phi) is 9.77. The first kappa shape index (κ1) is 18.9. The Balaban J connectivity index is 0.000000220. The van der Waals surface area contributed by atoms with E-state index in [2.05, 4.69) is 19.9 Å². The molecule has 0 aromatic rings. The number of unbranched alkanes of at least 4 members (excludes halogenated alkanes) is 4. The highest BCUT2D eigenvalue weighted by Gasteiger charge is 2.18. The second-order valence-electron chi connectivity index (χ2n) is 6.38. The van der Waals surface area contributed by atoms with Crippen molar-refractivity contribution in [1.29, 1.82) is 0 Å². The van der Waals surface area contributed by atoms with E-state index in [1.165, 1.54) is 38.5 Å². The highest BCUT2D eigenvalue weighted by Crippen LogP contribution is 2.21. The summed E-state index contributed by atoms with van der Waals surface area (Å²) in [5.74, 6) is 1.07. The van der Waals surface area contributed by atoms with Crippen LogP contribution in [0.1, 0.15) is 84.5 Å². The maximum absolute atomic E-state index is 11.1. The molecule has 0 radical (unpaired) electrons. The lowest BCUT2D eigenvalue weighted by Gasteiger charge is -2.05. The fraction of sp³-hybridized carbons (Fsp3) is 0.700. The number of Topliss-reactive ketones (excluding diaryl/α,β-unsaturated/α-hetero) is 1. The number of carbonyl (C=O) groups is 2. The zero-order valence-electron chi connectivity index (χ0n) is 14.4. The minimum absolute atomic E-state index is 0.335. The van der Waals surface area contributed by atoms with Gasteiger partial charge in [0.2, 0.25) is 0 Å². The van der Waals surface area contributed by atoms with Crippen LogP contribution in [0.3, 0.4) is 0 Å². The van der Waals surface area contributed by atoms with Crippen LogP contribution < -0.4 is 0 Å². The largest absolute Gasteiger partial charge is 0.295 e. The maximum atomic E-state index is 11.1. The van der Waals surface area contributed by atoms with E-state index >= 15 is 0 Å². The molecule has 0 fully saturated rings. The van der Waals surface area contributed by atoms with Crippen molar-refractivity contribution in [2.75, 3.05) is 0 Å². The summed E-state index contributed by atoms with van der Waals surface area (Å²) in [6.45, 7) is 4.37. The lowest BCUT2D eigenvalue weighted by molar-refractivity contribution is -0.117. The lowest BCUT2D eigenvalue weighted by Crippen LogP contribution is -2.05. The molecule has 124 valence electrons. The predicted octanol–water partition coefficient (Wildman–Crippen LogP) is 5.57. The van der Waals surface area contributed by atoms with Gasteiger partial charge in [-0.25, -0.2) is 0 Å². The van der Waals surface area contributed by atoms with Crippen LogP contribution in [-0.4, -0.2) is 11.6 Å². The first-order valence-electron chi connectivity index (χ1n) is 9.11. The molecule has 2 heteroatoms. The lowest BCUT2D eigenvalue weighted by atomic mass is 9.98. The molecule has 0 amide bonds. The van der Waals surface area contributed by atoms with Gasteiger partial charge in [0.25, 0.3) is 0 Å². The molecule has 0 aromatic carbocycles. The number of allylic oxidation sites excluding steroid dienone is 4. The molecule has 2 nitrogen and oxygen atoms in total. The molecule has 22 heavy (non-hydrogen) atoms. The van der Waals surface area contributed by atoms with E-state index in [0.29, 0.717) is 17.5 Å². The third kappa shape index (κ3) is 7.20. The van der Waals surface area contributed by atoms with Crippen LogP contribution >= 0.6 is 0 Å². The topological polar surface area (TPSA) is 34.1 Å². The van der Waals surface area contributed by atoms with Gasteiger partial charge in [0.1, 0.15) is 0 Å². The van der Waals surface area contributed by atoms with Crippen LogP contribution in [0.5, 0.6) is 0 Å². The molecule has 0 aromatic heterocycles. The zero-order chi connectivity index (χ0) is 16.2. The molecule has 1 atom stereocenters. The van der Waals surface area contributed by atoms with Gasteiger partial charge in [0, 0.05) is 12.3 Å². The van der Waals surface area contributed by atoms with Crippen molar-refractivity contribution in [2.45, 2.75) is 84.5 Å². The molecule has 2 aliphatic carbocycles. The molecule has 0 N–H and O–H groups in total. The van der Waals surface area contributed by atoms with Crippen LogP contribution in [0.25, 0.3) is 0 Å². The summed E-state index contributed by atoms with van der Waals surface area (Å²) < 4.78 is 0. The van der Waals surface area contributed by atoms with Gasteiger partial charge in [-0.05, 0) is 43.8 Å². The highest BCUT2D eigenvalue weighted by molar-refractivity contribution is 5.97. The van der Waals surface area contributed by atoms with E-state index in [1.54, 1.807) is 6.08 Å². The predicted molar refractivity (Wildman–Crippen MR) is 92.9 cm³/mol. The van der Waals surface area contributed by atoms with Crippen molar-refractivity contribution in [3.8, 4) is 0 Å². The van der Waals surface area contributed by atoms with Gasteiger partial charge in [-0.15, -0.1) is 0 Å². The number of hydrogen-bond acceptors (Lipinski definition) is 2. The highest BCUT2D eigenvalue weighted by atomic mass is 16.1.